The monoisotopic (exact) mass is 250 g/mol. The molecule has 0 bridgehead atoms. The Bertz CT molecular complexity index is 343. The Morgan fingerprint density at radius 3 is 2.89 bits per heavy atom. The minimum Gasteiger partial charge on any atom is -0.337 e. The summed E-state index contributed by atoms with van der Waals surface area (Å²) in [6.07, 6.45) is 3.68. The first-order valence-corrected chi connectivity index (χ1v) is 6.81. The van der Waals surface area contributed by atoms with E-state index < -0.39 is 5.54 Å². The standard InChI is InChI=1S/C13H22N4O/c1-11-8-17(7-6-15-11)9-12(18)16-13(10-14)4-2-3-5-13/h11,15H,2-9H2,1H3,(H,16,18)/t11-/m0/s1. The van der Waals surface area contributed by atoms with Gasteiger partial charge in [0.25, 0.3) is 0 Å². The summed E-state index contributed by atoms with van der Waals surface area (Å²) in [7, 11) is 0. The van der Waals surface area contributed by atoms with Gasteiger partial charge < -0.3 is 10.6 Å². The second-order valence-corrected chi connectivity index (χ2v) is 5.54. The fourth-order valence-corrected chi connectivity index (χ4v) is 2.91. The van der Waals surface area contributed by atoms with Crippen molar-refractivity contribution in [3.8, 4) is 6.07 Å². The van der Waals surface area contributed by atoms with Crippen LogP contribution in [-0.4, -0.2) is 48.6 Å². The SMILES string of the molecule is C[C@H]1CN(CC(=O)NC2(C#N)CCCC2)CCN1. The van der Waals surface area contributed by atoms with Crippen molar-refractivity contribution in [1.82, 2.24) is 15.5 Å². The lowest BCUT2D eigenvalue weighted by Crippen LogP contribution is -2.54. The Balaban J connectivity index is 1.83. The maximum Gasteiger partial charge on any atom is 0.235 e. The molecule has 100 valence electrons. The quantitative estimate of drug-likeness (QED) is 0.752. The molecule has 1 saturated heterocycles. The molecular formula is C13H22N4O. The number of rotatable bonds is 3. The van der Waals surface area contributed by atoms with Crippen molar-refractivity contribution in [3.05, 3.63) is 0 Å². The van der Waals surface area contributed by atoms with Gasteiger partial charge in [0.2, 0.25) is 5.91 Å². The zero-order valence-corrected chi connectivity index (χ0v) is 11.0. The van der Waals surface area contributed by atoms with Crippen LogP contribution in [0, 0.1) is 11.3 Å². The molecule has 1 atom stereocenters. The summed E-state index contributed by atoms with van der Waals surface area (Å²) >= 11 is 0. The van der Waals surface area contributed by atoms with Crippen molar-refractivity contribution in [2.24, 2.45) is 0 Å². The van der Waals surface area contributed by atoms with Gasteiger partial charge in [-0.05, 0) is 32.6 Å². The minimum absolute atomic E-state index is 0.00690. The van der Waals surface area contributed by atoms with Crippen LogP contribution in [0.4, 0.5) is 0 Å². The van der Waals surface area contributed by atoms with Crippen LogP contribution >= 0.6 is 0 Å². The molecular weight excluding hydrogens is 228 g/mol. The third-order valence-electron chi connectivity index (χ3n) is 3.87. The van der Waals surface area contributed by atoms with Crippen molar-refractivity contribution in [2.45, 2.75) is 44.2 Å². The van der Waals surface area contributed by atoms with E-state index >= 15 is 0 Å². The fraction of sp³-hybridized carbons (Fsp3) is 0.846. The van der Waals surface area contributed by atoms with Gasteiger partial charge in [-0.2, -0.15) is 5.26 Å². The topological polar surface area (TPSA) is 68.2 Å². The third-order valence-corrected chi connectivity index (χ3v) is 3.87. The lowest BCUT2D eigenvalue weighted by molar-refractivity contribution is -0.123. The maximum atomic E-state index is 12.0. The number of nitrogens with zero attached hydrogens (tertiary/aromatic N) is 2. The van der Waals surface area contributed by atoms with E-state index in [1.165, 1.54) is 0 Å². The summed E-state index contributed by atoms with van der Waals surface area (Å²) in [5, 5.41) is 15.5. The molecule has 0 aromatic carbocycles. The normalized spacial score (nSPS) is 27.7. The molecule has 1 saturated carbocycles. The molecule has 2 N–H and O–H groups in total. The van der Waals surface area contributed by atoms with Crippen LogP contribution in [0.5, 0.6) is 0 Å². The largest absolute Gasteiger partial charge is 0.337 e. The van der Waals surface area contributed by atoms with E-state index in [1.54, 1.807) is 0 Å². The summed E-state index contributed by atoms with van der Waals surface area (Å²) in [5.41, 5.74) is -0.587. The van der Waals surface area contributed by atoms with E-state index in [0.717, 1.165) is 45.3 Å². The van der Waals surface area contributed by atoms with Crippen molar-refractivity contribution in [1.29, 1.82) is 5.26 Å². The smallest absolute Gasteiger partial charge is 0.235 e. The first kappa shape index (κ1) is 13.3. The number of nitriles is 1. The van der Waals surface area contributed by atoms with Crippen LogP contribution in [0.3, 0.4) is 0 Å². The Hall–Kier alpha value is -1.12. The molecule has 0 unspecified atom stereocenters. The maximum absolute atomic E-state index is 12.0. The molecule has 2 fully saturated rings. The zero-order valence-electron chi connectivity index (χ0n) is 11.0. The van der Waals surface area contributed by atoms with E-state index in [1.807, 2.05) is 0 Å². The number of hydrogen-bond acceptors (Lipinski definition) is 4. The van der Waals surface area contributed by atoms with Crippen LogP contribution in [0.1, 0.15) is 32.6 Å². The summed E-state index contributed by atoms with van der Waals surface area (Å²) in [6.45, 7) is 5.26. The van der Waals surface area contributed by atoms with Crippen LogP contribution in [0.15, 0.2) is 0 Å². The average molecular weight is 250 g/mol. The number of carbonyl (C=O) groups is 1. The van der Waals surface area contributed by atoms with E-state index in [-0.39, 0.29) is 5.91 Å². The Labute approximate surface area is 109 Å². The van der Waals surface area contributed by atoms with Crippen molar-refractivity contribution in [3.63, 3.8) is 0 Å². The number of piperazine rings is 1. The number of hydrogen-bond donors (Lipinski definition) is 2. The van der Waals surface area contributed by atoms with Crippen molar-refractivity contribution in [2.75, 3.05) is 26.2 Å². The van der Waals surface area contributed by atoms with Crippen LogP contribution in [0.2, 0.25) is 0 Å². The Morgan fingerprint density at radius 2 is 2.28 bits per heavy atom. The second kappa shape index (κ2) is 5.68. The average Bonchev–Trinajstić information content (AvgIpc) is 2.78. The molecule has 1 heterocycles. The zero-order chi connectivity index (χ0) is 13.0. The molecule has 5 nitrogen and oxygen atoms in total. The highest BCUT2D eigenvalue weighted by atomic mass is 16.2. The Kier molecular flexibility index (Phi) is 4.20. The highest BCUT2D eigenvalue weighted by Crippen LogP contribution is 2.28. The summed E-state index contributed by atoms with van der Waals surface area (Å²) in [5.74, 6) is -0.00690. The van der Waals surface area contributed by atoms with Gasteiger partial charge in [0.05, 0.1) is 12.6 Å². The fourth-order valence-electron chi connectivity index (χ4n) is 2.91. The van der Waals surface area contributed by atoms with Crippen molar-refractivity contribution < 1.29 is 4.79 Å². The highest BCUT2D eigenvalue weighted by molar-refractivity contribution is 5.79. The van der Waals surface area contributed by atoms with E-state index in [0.29, 0.717) is 12.6 Å². The molecule has 18 heavy (non-hydrogen) atoms. The molecule has 1 aliphatic carbocycles. The number of nitrogens with one attached hydrogen (secondary N) is 2. The first-order valence-electron chi connectivity index (χ1n) is 6.81. The molecule has 0 aromatic rings. The molecule has 5 heteroatoms. The van der Waals surface area contributed by atoms with Gasteiger partial charge in [0.1, 0.15) is 5.54 Å². The first-order chi connectivity index (χ1) is 8.63. The van der Waals surface area contributed by atoms with Gasteiger partial charge in [-0.1, -0.05) is 0 Å². The van der Waals surface area contributed by atoms with Gasteiger partial charge in [0, 0.05) is 25.7 Å². The lowest BCUT2D eigenvalue weighted by Gasteiger charge is -2.32. The van der Waals surface area contributed by atoms with Gasteiger partial charge in [-0.15, -0.1) is 0 Å². The number of carbonyl (C=O) groups excluding carboxylic acids is 1. The Morgan fingerprint density at radius 1 is 1.56 bits per heavy atom. The highest BCUT2D eigenvalue weighted by Gasteiger charge is 2.35. The van der Waals surface area contributed by atoms with Gasteiger partial charge in [-0.3, -0.25) is 9.69 Å². The number of amides is 1. The van der Waals surface area contributed by atoms with Gasteiger partial charge in [0.15, 0.2) is 0 Å². The summed E-state index contributed by atoms with van der Waals surface area (Å²) in [4.78, 5) is 14.2. The van der Waals surface area contributed by atoms with Gasteiger partial charge >= 0.3 is 0 Å². The molecule has 0 radical (unpaired) electrons. The molecule has 2 rings (SSSR count). The predicted molar refractivity (Wildman–Crippen MR) is 68.9 cm³/mol. The van der Waals surface area contributed by atoms with Gasteiger partial charge in [-0.25, -0.2) is 0 Å². The summed E-state index contributed by atoms with van der Waals surface area (Å²) < 4.78 is 0. The molecule has 0 spiro atoms. The van der Waals surface area contributed by atoms with E-state index in [2.05, 4.69) is 28.5 Å². The van der Waals surface area contributed by atoms with Crippen LogP contribution in [-0.2, 0) is 4.79 Å². The lowest BCUT2D eigenvalue weighted by atomic mass is 10.00. The van der Waals surface area contributed by atoms with Crippen LogP contribution < -0.4 is 10.6 Å². The summed E-state index contributed by atoms with van der Waals surface area (Å²) in [6, 6.07) is 2.72. The van der Waals surface area contributed by atoms with Crippen LogP contribution in [0.25, 0.3) is 0 Å². The minimum atomic E-state index is -0.587. The molecule has 1 amide bonds. The van der Waals surface area contributed by atoms with E-state index in [4.69, 9.17) is 0 Å². The van der Waals surface area contributed by atoms with E-state index in [9.17, 15) is 10.1 Å². The molecule has 1 aliphatic heterocycles. The van der Waals surface area contributed by atoms with Crippen molar-refractivity contribution >= 4 is 5.91 Å². The third kappa shape index (κ3) is 3.21. The molecule has 0 aromatic heterocycles. The predicted octanol–water partition coefficient (Wildman–Crippen LogP) is 0.233. The second-order valence-electron chi connectivity index (χ2n) is 5.54. The molecule has 2 aliphatic rings.